The molecular formula is C32H16N2O2. The number of nitriles is 2. The van der Waals surface area contributed by atoms with Crippen LogP contribution in [0.4, 0.5) is 0 Å². The predicted octanol–water partition coefficient (Wildman–Crippen LogP) is 5.30. The molecule has 166 valence electrons. The van der Waals surface area contributed by atoms with Crippen LogP contribution in [0.3, 0.4) is 0 Å². The Labute approximate surface area is 208 Å². The first-order valence-corrected chi connectivity index (χ1v) is 11.3. The zero-order chi connectivity index (χ0) is 24.6. The van der Waals surface area contributed by atoms with Gasteiger partial charge in [-0.1, -0.05) is 60.4 Å². The molecule has 0 unspecified atom stereocenters. The molecule has 4 nitrogen and oxygen atoms in total. The molecule has 0 spiro atoms. The first-order valence-electron chi connectivity index (χ1n) is 11.3. The molecule has 2 bridgehead atoms. The molecule has 4 aromatic rings. The van der Waals surface area contributed by atoms with Crippen molar-refractivity contribution in [2.45, 2.75) is 11.2 Å². The number of fused-ring (bicyclic) bond motifs is 1. The summed E-state index contributed by atoms with van der Waals surface area (Å²) in [7, 11) is 0. The summed E-state index contributed by atoms with van der Waals surface area (Å²) in [6.07, 6.45) is 0. The van der Waals surface area contributed by atoms with Gasteiger partial charge in [-0.15, -0.1) is 0 Å². The molecule has 0 saturated heterocycles. The molecule has 4 aromatic carbocycles. The molecule has 0 aromatic heterocycles. The molecule has 0 saturated carbocycles. The van der Waals surface area contributed by atoms with Gasteiger partial charge in [0.25, 0.3) is 0 Å². The van der Waals surface area contributed by atoms with Crippen LogP contribution in [-0.2, 0) is 21.0 Å². The van der Waals surface area contributed by atoms with E-state index < -0.39 is 11.2 Å². The van der Waals surface area contributed by atoms with Gasteiger partial charge in [0.1, 0.15) is 0 Å². The molecule has 2 heterocycles. The van der Waals surface area contributed by atoms with Crippen molar-refractivity contribution in [3.63, 3.8) is 0 Å². The van der Waals surface area contributed by atoms with Crippen molar-refractivity contribution in [1.82, 2.24) is 0 Å². The van der Waals surface area contributed by atoms with Crippen LogP contribution in [0.15, 0.2) is 97.1 Å². The van der Waals surface area contributed by atoms with Gasteiger partial charge in [0.15, 0.2) is 0 Å². The lowest BCUT2D eigenvalue weighted by molar-refractivity contribution is -0.401. The minimum Gasteiger partial charge on any atom is -0.205 e. The number of rotatable bonds is 0. The second kappa shape index (κ2) is 8.29. The third-order valence-electron chi connectivity index (χ3n) is 6.46. The summed E-state index contributed by atoms with van der Waals surface area (Å²) in [5.41, 5.74) is 3.96. The normalized spacial score (nSPS) is 20.3. The van der Waals surface area contributed by atoms with Gasteiger partial charge in [-0.2, -0.15) is 10.5 Å². The summed E-state index contributed by atoms with van der Waals surface area (Å²) in [4.78, 5) is 12.3. The van der Waals surface area contributed by atoms with Gasteiger partial charge in [0, 0.05) is 33.4 Å². The highest BCUT2D eigenvalue weighted by Crippen LogP contribution is 2.56. The van der Waals surface area contributed by atoms with Crippen molar-refractivity contribution in [3.05, 3.63) is 142 Å². The van der Waals surface area contributed by atoms with E-state index in [1.165, 1.54) is 0 Å². The third kappa shape index (κ3) is 3.20. The Hall–Kier alpha value is -5.10. The zero-order valence-electron chi connectivity index (χ0n) is 18.9. The smallest absolute Gasteiger partial charge is 0.205 e. The predicted molar refractivity (Wildman–Crippen MR) is 133 cm³/mol. The average molecular weight is 460 g/mol. The highest BCUT2D eigenvalue weighted by molar-refractivity contribution is 5.66. The first kappa shape index (κ1) is 21.4. The molecule has 36 heavy (non-hydrogen) atoms. The van der Waals surface area contributed by atoms with Crippen LogP contribution < -0.4 is 0 Å². The lowest BCUT2D eigenvalue weighted by Gasteiger charge is -2.49. The monoisotopic (exact) mass is 460 g/mol. The van der Waals surface area contributed by atoms with Crippen LogP contribution in [0, 0.1) is 46.3 Å². The van der Waals surface area contributed by atoms with Crippen molar-refractivity contribution in [2.75, 3.05) is 0 Å². The summed E-state index contributed by atoms with van der Waals surface area (Å²) in [5.74, 6) is 13.1. The van der Waals surface area contributed by atoms with Gasteiger partial charge >= 0.3 is 0 Å². The van der Waals surface area contributed by atoms with Gasteiger partial charge < -0.3 is 0 Å². The van der Waals surface area contributed by atoms with E-state index >= 15 is 0 Å². The van der Waals surface area contributed by atoms with E-state index in [1.807, 2.05) is 72.8 Å². The topological polar surface area (TPSA) is 66.0 Å². The summed E-state index contributed by atoms with van der Waals surface area (Å²) in [6.45, 7) is 0. The number of hydrogen-bond acceptors (Lipinski definition) is 4. The van der Waals surface area contributed by atoms with E-state index in [9.17, 15) is 0 Å². The lowest BCUT2D eigenvalue weighted by atomic mass is 9.67. The fourth-order valence-corrected chi connectivity index (χ4v) is 4.68. The fraction of sp³-hybridized carbons (Fsp3) is 0.0625. The van der Waals surface area contributed by atoms with E-state index in [0.29, 0.717) is 11.1 Å². The molecule has 4 heteroatoms. The standard InChI is InChI=1S/C32H16N2O2/c33-21-25-13-9-23(10-14-25)17-19-31-27-5-1-2-6-28(27)32(36-35-31,30-8-4-3-7-29(30)31)20-18-24-11-15-26(22-34)16-12-24/h1-16H. The number of nitrogens with zero attached hydrogens (tertiary/aromatic N) is 2. The van der Waals surface area contributed by atoms with Gasteiger partial charge in [0.2, 0.25) is 11.2 Å². The van der Waals surface area contributed by atoms with Crippen LogP contribution >= 0.6 is 0 Å². The molecule has 2 aliphatic heterocycles. The maximum Gasteiger partial charge on any atom is 0.215 e. The molecule has 0 N–H and O–H groups in total. The quantitative estimate of drug-likeness (QED) is 0.264. The van der Waals surface area contributed by atoms with Crippen LogP contribution in [0.25, 0.3) is 0 Å². The summed E-state index contributed by atoms with van der Waals surface area (Å²) in [5, 5.41) is 18.2. The molecule has 3 aliphatic rings. The van der Waals surface area contributed by atoms with Crippen molar-refractivity contribution < 1.29 is 9.78 Å². The van der Waals surface area contributed by atoms with Gasteiger partial charge in [-0.25, -0.2) is 9.78 Å². The lowest BCUT2D eigenvalue weighted by Crippen LogP contribution is -2.51. The summed E-state index contributed by atoms with van der Waals surface area (Å²) in [6, 6.07) is 34.3. The minimum absolute atomic E-state index is 0.579. The Morgan fingerprint density at radius 3 is 1.06 bits per heavy atom. The zero-order valence-corrected chi connectivity index (χ0v) is 18.9. The summed E-state index contributed by atoms with van der Waals surface area (Å²) < 4.78 is 0. The van der Waals surface area contributed by atoms with Gasteiger partial charge in [-0.05, 0) is 60.4 Å². The van der Waals surface area contributed by atoms with Gasteiger partial charge in [-0.3, -0.25) is 0 Å². The van der Waals surface area contributed by atoms with Crippen molar-refractivity contribution in [3.8, 4) is 35.8 Å². The molecule has 0 radical (unpaired) electrons. The second-order valence-electron chi connectivity index (χ2n) is 8.50. The maximum atomic E-state index is 9.08. The molecular weight excluding hydrogens is 444 g/mol. The van der Waals surface area contributed by atoms with Crippen LogP contribution in [-0.4, -0.2) is 0 Å². The summed E-state index contributed by atoms with van der Waals surface area (Å²) >= 11 is 0. The molecule has 7 rings (SSSR count). The van der Waals surface area contributed by atoms with E-state index in [1.54, 1.807) is 24.3 Å². The van der Waals surface area contributed by atoms with Crippen molar-refractivity contribution in [1.29, 1.82) is 10.5 Å². The average Bonchev–Trinajstić information content (AvgIpc) is 2.96. The SMILES string of the molecule is N#Cc1ccc(C#CC23OOC(C#Cc4ccc(C#N)cc4)(c4ccccc42)c2ccccc23)cc1. The van der Waals surface area contributed by atoms with Crippen molar-refractivity contribution >= 4 is 0 Å². The number of hydrogen-bond donors (Lipinski definition) is 0. The Balaban J connectivity index is 1.53. The van der Waals surface area contributed by atoms with Crippen LogP contribution in [0.1, 0.15) is 44.5 Å². The van der Waals surface area contributed by atoms with E-state index in [0.717, 1.165) is 33.4 Å². The van der Waals surface area contributed by atoms with E-state index in [4.69, 9.17) is 20.3 Å². The van der Waals surface area contributed by atoms with E-state index in [-0.39, 0.29) is 0 Å². The minimum atomic E-state index is -1.13. The maximum absolute atomic E-state index is 9.08. The Bertz CT molecular complexity index is 1540. The van der Waals surface area contributed by atoms with Crippen molar-refractivity contribution in [2.24, 2.45) is 0 Å². The highest BCUT2D eigenvalue weighted by atomic mass is 17.2. The second-order valence-corrected chi connectivity index (χ2v) is 8.50. The van der Waals surface area contributed by atoms with E-state index in [2.05, 4.69) is 35.8 Å². The highest BCUT2D eigenvalue weighted by Gasteiger charge is 2.58. The number of benzene rings is 4. The molecule has 0 amide bonds. The fourth-order valence-electron chi connectivity index (χ4n) is 4.68. The first-order chi connectivity index (χ1) is 17.7. The van der Waals surface area contributed by atoms with Crippen LogP contribution in [0.5, 0.6) is 0 Å². The molecule has 0 fully saturated rings. The van der Waals surface area contributed by atoms with Crippen LogP contribution in [0.2, 0.25) is 0 Å². The Morgan fingerprint density at radius 2 is 0.750 bits per heavy atom. The van der Waals surface area contributed by atoms with Gasteiger partial charge in [0.05, 0.1) is 23.3 Å². The Morgan fingerprint density at radius 1 is 0.444 bits per heavy atom. The molecule has 1 aliphatic carbocycles. The molecule has 0 atom stereocenters. The Kier molecular flexibility index (Phi) is 4.93. The third-order valence-corrected chi connectivity index (χ3v) is 6.46. The largest absolute Gasteiger partial charge is 0.215 e.